The number of carboxylic acid groups (broad SMARTS) is 1. The minimum atomic E-state index is -1.23. The van der Waals surface area contributed by atoms with Gasteiger partial charge in [0.15, 0.2) is 0 Å². The third-order valence-corrected chi connectivity index (χ3v) is 5.12. The first kappa shape index (κ1) is 16.6. The first-order valence-electron chi connectivity index (χ1n) is 7.68. The zero-order valence-electron chi connectivity index (χ0n) is 13.2. The smallest absolute Gasteiger partial charge is 0.329 e. The number of nitrogens with one attached hydrogen (secondary N) is 1. The molecule has 1 amide bonds. The zero-order chi connectivity index (χ0) is 17.2. The number of aromatic nitrogens is 1. The van der Waals surface area contributed by atoms with Crippen LogP contribution in [0.2, 0.25) is 0 Å². The molecule has 0 spiro atoms. The number of carbonyl (C=O) groups is 2. The van der Waals surface area contributed by atoms with Gasteiger partial charge >= 0.3 is 5.97 Å². The van der Waals surface area contributed by atoms with Crippen molar-refractivity contribution in [3.63, 3.8) is 0 Å². The Hall–Kier alpha value is -2.28. The maximum atomic E-state index is 12.6. The SMILES string of the molecule is Cc1nc(-c2ccccc2)oc1C(=O)NC1(C(=O)O)CCSCC1. The third kappa shape index (κ3) is 3.17. The van der Waals surface area contributed by atoms with Crippen LogP contribution < -0.4 is 5.32 Å². The molecule has 0 saturated carbocycles. The topological polar surface area (TPSA) is 92.4 Å². The summed E-state index contributed by atoms with van der Waals surface area (Å²) in [5, 5.41) is 12.2. The lowest BCUT2D eigenvalue weighted by molar-refractivity contribution is -0.144. The Labute approximate surface area is 143 Å². The summed E-state index contributed by atoms with van der Waals surface area (Å²) in [6, 6.07) is 9.26. The average molecular weight is 346 g/mol. The molecule has 2 heterocycles. The van der Waals surface area contributed by atoms with Crippen molar-refractivity contribution in [2.75, 3.05) is 11.5 Å². The first-order chi connectivity index (χ1) is 11.5. The summed E-state index contributed by atoms with van der Waals surface area (Å²) in [5.41, 5.74) is -0.0205. The van der Waals surface area contributed by atoms with E-state index in [0.717, 1.165) is 5.56 Å². The van der Waals surface area contributed by atoms with Gasteiger partial charge in [-0.2, -0.15) is 11.8 Å². The highest BCUT2D eigenvalue weighted by atomic mass is 32.2. The summed E-state index contributed by atoms with van der Waals surface area (Å²) in [6.07, 6.45) is 0.801. The van der Waals surface area contributed by atoms with Crippen LogP contribution in [0.25, 0.3) is 11.5 Å². The number of hydrogen-bond acceptors (Lipinski definition) is 5. The van der Waals surface area contributed by atoms with Crippen molar-refractivity contribution in [1.82, 2.24) is 10.3 Å². The van der Waals surface area contributed by atoms with E-state index in [9.17, 15) is 14.7 Å². The van der Waals surface area contributed by atoms with Gasteiger partial charge in [0.25, 0.3) is 5.91 Å². The summed E-state index contributed by atoms with van der Waals surface area (Å²) in [6.45, 7) is 1.68. The van der Waals surface area contributed by atoms with Crippen LogP contribution in [0, 0.1) is 6.92 Å². The van der Waals surface area contributed by atoms with Gasteiger partial charge in [-0.25, -0.2) is 9.78 Å². The minimum absolute atomic E-state index is 0.0627. The van der Waals surface area contributed by atoms with Crippen molar-refractivity contribution >= 4 is 23.6 Å². The maximum Gasteiger partial charge on any atom is 0.329 e. The molecule has 0 bridgehead atoms. The number of amides is 1. The van der Waals surface area contributed by atoms with E-state index in [1.54, 1.807) is 18.7 Å². The normalized spacial score (nSPS) is 16.5. The lowest BCUT2D eigenvalue weighted by Crippen LogP contribution is -2.56. The number of aryl methyl sites for hydroxylation is 1. The average Bonchev–Trinajstić information content (AvgIpc) is 2.98. The number of carboxylic acids is 1. The summed E-state index contributed by atoms with van der Waals surface area (Å²) >= 11 is 1.69. The Morgan fingerprint density at radius 2 is 1.92 bits per heavy atom. The highest BCUT2D eigenvalue weighted by Gasteiger charge is 2.42. The van der Waals surface area contributed by atoms with Gasteiger partial charge < -0.3 is 14.8 Å². The van der Waals surface area contributed by atoms with Crippen molar-refractivity contribution < 1.29 is 19.1 Å². The molecule has 1 aromatic carbocycles. The van der Waals surface area contributed by atoms with Crippen LogP contribution in [0.1, 0.15) is 29.1 Å². The van der Waals surface area contributed by atoms with Crippen LogP contribution in [0.4, 0.5) is 0 Å². The molecular formula is C17H18N2O4S. The van der Waals surface area contributed by atoms with Crippen LogP contribution in [0.3, 0.4) is 0 Å². The van der Waals surface area contributed by atoms with Gasteiger partial charge in [0.05, 0.1) is 5.69 Å². The Balaban J connectivity index is 1.85. The molecule has 1 aliphatic heterocycles. The fourth-order valence-corrected chi connectivity index (χ4v) is 3.89. The molecule has 1 aliphatic rings. The van der Waals surface area contributed by atoms with E-state index in [1.807, 2.05) is 30.3 Å². The largest absolute Gasteiger partial charge is 0.480 e. The number of nitrogens with zero attached hydrogens (tertiary/aromatic N) is 1. The molecule has 7 heteroatoms. The molecule has 0 aliphatic carbocycles. The molecule has 0 atom stereocenters. The predicted octanol–water partition coefficient (Wildman–Crippen LogP) is 2.73. The highest BCUT2D eigenvalue weighted by molar-refractivity contribution is 7.99. The Morgan fingerprint density at radius 1 is 1.25 bits per heavy atom. The summed E-state index contributed by atoms with van der Waals surface area (Å²) in [5.74, 6) is 0.289. The second-order valence-corrected chi connectivity index (χ2v) is 6.98. The molecule has 0 radical (unpaired) electrons. The van der Waals surface area contributed by atoms with Crippen molar-refractivity contribution in [3.8, 4) is 11.5 Å². The van der Waals surface area contributed by atoms with Crippen molar-refractivity contribution in [2.24, 2.45) is 0 Å². The molecule has 2 N–H and O–H groups in total. The van der Waals surface area contributed by atoms with Crippen molar-refractivity contribution in [3.05, 3.63) is 41.8 Å². The number of carbonyl (C=O) groups excluding carboxylic acids is 1. The summed E-state index contributed by atoms with van der Waals surface area (Å²) < 4.78 is 5.61. The Bertz CT molecular complexity index is 751. The van der Waals surface area contributed by atoms with Gasteiger partial charge in [0, 0.05) is 5.56 Å². The number of oxazole rings is 1. The molecule has 2 aromatic rings. The maximum absolute atomic E-state index is 12.6. The van der Waals surface area contributed by atoms with E-state index in [1.165, 1.54) is 0 Å². The van der Waals surface area contributed by atoms with E-state index >= 15 is 0 Å². The van der Waals surface area contributed by atoms with Crippen LogP contribution in [-0.2, 0) is 4.79 Å². The Morgan fingerprint density at radius 3 is 2.54 bits per heavy atom. The molecule has 6 nitrogen and oxygen atoms in total. The fraction of sp³-hybridized carbons (Fsp3) is 0.353. The van der Waals surface area contributed by atoms with Gasteiger partial charge in [-0.3, -0.25) is 4.79 Å². The third-order valence-electron chi connectivity index (χ3n) is 4.13. The molecule has 1 aromatic heterocycles. The minimum Gasteiger partial charge on any atom is -0.480 e. The molecule has 24 heavy (non-hydrogen) atoms. The van der Waals surface area contributed by atoms with E-state index in [-0.39, 0.29) is 5.76 Å². The molecule has 3 rings (SSSR count). The molecular weight excluding hydrogens is 328 g/mol. The molecule has 126 valence electrons. The predicted molar refractivity (Wildman–Crippen MR) is 91.1 cm³/mol. The van der Waals surface area contributed by atoms with Gasteiger partial charge in [0.1, 0.15) is 5.54 Å². The zero-order valence-corrected chi connectivity index (χ0v) is 14.1. The number of rotatable bonds is 4. The lowest BCUT2D eigenvalue weighted by atomic mass is 9.92. The summed E-state index contributed by atoms with van der Waals surface area (Å²) in [7, 11) is 0. The van der Waals surface area contributed by atoms with Gasteiger partial charge in [-0.15, -0.1) is 0 Å². The standard InChI is InChI=1S/C17H18N2O4S/c1-11-13(23-15(18-11)12-5-3-2-4-6-12)14(20)19-17(16(21)22)7-9-24-10-8-17/h2-6H,7-10H2,1H3,(H,19,20)(H,21,22). The number of thioether (sulfide) groups is 1. The molecule has 0 unspecified atom stereocenters. The van der Waals surface area contributed by atoms with Crippen LogP contribution in [0.5, 0.6) is 0 Å². The summed E-state index contributed by atoms with van der Waals surface area (Å²) in [4.78, 5) is 28.5. The van der Waals surface area contributed by atoms with Crippen LogP contribution in [0.15, 0.2) is 34.7 Å². The Kier molecular flexibility index (Phi) is 4.62. The van der Waals surface area contributed by atoms with Gasteiger partial charge in [-0.05, 0) is 43.4 Å². The number of hydrogen-bond donors (Lipinski definition) is 2. The highest BCUT2D eigenvalue weighted by Crippen LogP contribution is 2.28. The van der Waals surface area contributed by atoms with E-state index in [2.05, 4.69) is 10.3 Å². The van der Waals surface area contributed by atoms with Crippen LogP contribution in [-0.4, -0.2) is 39.0 Å². The second-order valence-electron chi connectivity index (χ2n) is 5.75. The first-order valence-corrected chi connectivity index (χ1v) is 8.84. The van der Waals surface area contributed by atoms with Gasteiger partial charge in [-0.1, -0.05) is 18.2 Å². The quantitative estimate of drug-likeness (QED) is 0.884. The molecule has 1 saturated heterocycles. The second kappa shape index (κ2) is 6.68. The lowest BCUT2D eigenvalue weighted by Gasteiger charge is -2.33. The van der Waals surface area contributed by atoms with Crippen LogP contribution >= 0.6 is 11.8 Å². The van der Waals surface area contributed by atoms with E-state index in [0.29, 0.717) is 35.9 Å². The fourth-order valence-electron chi connectivity index (χ4n) is 2.70. The van der Waals surface area contributed by atoms with E-state index in [4.69, 9.17) is 4.42 Å². The number of benzene rings is 1. The van der Waals surface area contributed by atoms with E-state index < -0.39 is 17.4 Å². The molecule has 1 fully saturated rings. The van der Waals surface area contributed by atoms with Crippen molar-refractivity contribution in [1.29, 1.82) is 0 Å². The van der Waals surface area contributed by atoms with Gasteiger partial charge in [0.2, 0.25) is 11.7 Å². The number of aliphatic carboxylic acids is 1. The monoisotopic (exact) mass is 346 g/mol. The van der Waals surface area contributed by atoms with Crippen molar-refractivity contribution in [2.45, 2.75) is 25.3 Å².